The molecule has 0 spiro atoms. The van der Waals surface area contributed by atoms with E-state index in [0.717, 1.165) is 10.6 Å². The lowest BCUT2D eigenvalue weighted by atomic mass is 10.2. The number of fused-ring (bicyclic) bond motifs is 1. The van der Waals surface area contributed by atoms with E-state index in [1.54, 1.807) is 24.3 Å². The summed E-state index contributed by atoms with van der Waals surface area (Å²) in [5, 5.41) is 11.7. The van der Waals surface area contributed by atoms with Gasteiger partial charge in [-0.2, -0.15) is 5.26 Å². The fraction of sp³-hybridized carbons (Fsp3) is 0.0588. The molecule has 0 aliphatic carbocycles. The summed E-state index contributed by atoms with van der Waals surface area (Å²) in [5.74, 6) is -1.04. The Bertz CT molecular complexity index is 1040. The first kappa shape index (κ1) is 15.4. The fourth-order valence-electron chi connectivity index (χ4n) is 2.28. The van der Waals surface area contributed by atoms with E-state index < -0.39 is 17.3 Å². The highest BCUT2D eigenvalue weighted by Gasteiger charge is 2.10. The molecular weight excluding hydrogens is 311 g/mol. The number of halogens is 1. The Hall–Kier alpha value is -3.53. The van der Waals surface area contributed by atoms with Gasteiger partial charge in [0.2, 0.25) is 5.91 Å². The number of anilines is 1. The summed E-state index contributed by atoms with van der Waals surface area (Å²) in [6.45, 7) is -0.294. The van der Waals surface area contributed by atoms with Gasteiger partial charge < -0.3 is 5.32 Å². The summed E-state index contributed by atoms with van der Waals surface area (Å²) in [4.78, 5) is 28.5. The van der Waals surface area contributed by atoms with Crippen LogP contribution in [0, 0.1) is 17.1 Å². The van der Waals surface area contributed by atoms with E-state index in [-0.39, 0.29) is 11.9 Å². The molecule has 6 nitrogen and oxygen atoms in total. The van der Waals surface area contributed by atoms with E-state index in [1.165, 1.54) is 18.5 Å². The minimum atomic E-state index is -0.549. The van der Waals surface area contributed by atoms with Crippen LogP contribution >= 0.6 is 0 Å². The smallest absolute Gasteiger partial charge is 0.261 e. The van der Waals surface area contributed by atoms with Crippen molar-refractivity contribution in [1.29, 1.82) is 5.26 Å². The van der Waals surface area contributed by atoms with Crippen LogP contribution in [-0.4, -0.2) is 15.5 Å². The van der Waals surface area contributed by atoms with E-state index in [1.807, 2.05) is 6.07 Å². The van der Waals surface area contributed by atoms with Crippen LogP contribution in [0.1, 0.15) is 5.56 Å². The third kappa shape index (κ3) is 2.98. The zero-order valence-corrected chi connectivity index (χ0v) is 12.4. The number of rotatable bonds is 3. The highest BCUT2D eigenvalue weighted by Crippen LogP contribution is 2.13. The van der Waals surface area contributed by atoms with Gasteiger partial charge in [-0.3, -0.25) is 14.2 Å². The van der Waals surface area contributed by atoms with Crippen LogP contribution in [0.25, 0.3) is 10.9 Å². The van der Waals surface area contributed by atoms with Crippen LogP contribution in [0.3, 0.4) is 0 Å². The molecule has 0 radical (unpaired) electrons. The van der Waals surface area contributed by atoms with E-state index in [0.29, 0.717) is 16.8 Å². The highest BCUT2D eigenvalue weighted by molar-refractivity contribution is 5.92. The first-order valence-electron chi connectivity index (χ1n) is 7.02. The van der Waals surface area contributed by atoms with Gasteiger partial charge in [-0.05, 0) is 30.3 Å². The van der Waals surface area contributed by atoms with Crippen molar-refractivity contribution in [3.63, 3.8) is 0 Å². The number of nitrogens with zero attached hydrogens (tertiary/aromatic N) is 3. The van der Waals surface area contributed by atoms with Crippen LogP contribution in [0.2, 0.25) is 0 Å². The van der Waals surface area contributed by atoms with E-state index >= 15 is 0 Å². The zero-order valence-electron chi connectivity index (χ0n) is 12.4. The van der Waals surface area contributed by atoms with Crippen molar-refractivity contribution in [2.45, 2.75) is 6.54 Å². The number of carbonyl (C=O) groups excluding carboxylic acids is 1. The second kappa shape index (κ2) is 6.30. The summed E-state index contributed by atoms with van der Waals surface area (Å²) < 4.78 is 14.4. The second-order valence-electron chi connectivity index (χ2n) is 5.04. The topological polar surface area (TPSA) is 87.8 Å². The number of amides is 1. The molecule has 0 saturated heterocycles. The molecule has 0 aliphatic heterocycles. The number of carbonyl (C=O) groups is 1. The van der Waals surface area contributed by atoms with Gasteiger partial charge in [0.15, 0.2) is 0 Å². The quantitative estimate of drug-likeness (QED) is 0.799. The summed E-state index contributed by atoms with van der Waals surface area (Å²) in [5.41, 5.74) is 0.519. The Kier molecular flexibility index (Phi) is 4.03. The Morgan fingerprint density at radius 1 is 1.29 bits per heavy atom. The lowest BCUT2D eigenvalue weighted by Gasteiger charge is -2.09. The Balaban J connectivity index is 1.87. The summed E-state index contributed by atoms with van der Waals surface area (Å²) >= 11 is 0. The van der Waals surface area contributed by atoms with Gasteiger partial charge in [-0.1, -0.05) is 12.1 Å². The molecule has 7 heteroatoms. The van der Waals surface area contributed by atoms with Gasteiger partial charge in [0, 0.05) is 0 Å². The monoisotopic (exact) mass is 322 g/mol. The molecule has 0 fully saturated rings. The minimum absolute atomic E-state index is 0.0997. The predicted molar refractivity (Wildman–Crippen MR) is 85.7 cm³/mol. The average Bonchev–Trinajstić information content (AvgIpc) is 2.58. The number of benzene rings is 2. The van der Waals surface area contributed by atoms with Gasteiger partial charge in [-0.25, -0.2) is 9.37 Å². The number of aromatic nitrogens is 2. The largest absolute Gasteiger partial charge is 0.323 e. The standard InChI is InChI=1S/C17H11FN4O2/c18-12-5-6-15-13(7-12)17(24)22(10-20-15)9-16(23)21-14-4-2-1-3-11(14)8-19/h1-7,10H,9H2,(H,21,23). The van der Waals surface area contributed by atoms with E-state index in [9.17, 15) is 14.0 Å². The third-order valence-electron chi connectivity index (χ3n) is 3.42. The van der Waals surface area contributed by atoms with E-state index in [4.69, 9.17) is 5.26 Å². The zero-order chi connectivity index (χ0) is 17.1. The summed E-state index contributed by atoms with van der Waals surface area (Å²) in [7, 11) is 0. The molecule has 24 heavy (non-hydrogen) atoms. The maximum Gasteiger partial charge on any atom is 0.261 e. The Labute approximate surface area is 135 Å². The molecule has 3 rings (SSSR count). The van der Waals surface area contributed by atoms with Crippen LogP contribution in [0.4, 0.5) is 10.1 Å². The van der Waals surface area contributed by atoms with Gasteiger partial charge in [-0.15, -0.1) is 0 Å². The average molecular weight is 322 g/mol. The molecule has 0 unspecified atom stereocenters. The molecule has 2 aromatic carbocycles. The predicted octanol–water partition coefficient (Wildman–Crippen LogP) is 2.05. The second-order valence-corrected chi connectivity index (χ2v) is 5.04. The fourth-order valence-corrected chi connectivity index (χ4v) is 2.28. The van der Waals surface area contributed by atoms with Crippen molar-refractivity contribution in [3.05, 3.63) is 70.5 Å². The van der Waals surface area contributed by atoms with Crippen molar-refractivity contribution in [2.24, 2.45) is 0 Å². The Morgan fingerprint density at radius 2 is 2.08 bits per heavy atom. The summed E-state index contributed by atoms with van der Waals surface area (Å²) in [6, 6.07) is 12.2. The minimum Gasteiger partial charge on any atom is -0.323 e. The Morgan fingerprint density at radius 3 is 2.88 bits per heavy atom. The van der Waals surface area contributed by atoms with Gasteiger partial charge in [0.1, 0.15) is 18.4 Å². The maximum atomic E-state index is 13.3. The molecule has 0 saturated carbocycles. The van der Waals surface area contributed by atoms with Crippen molar-refractivity contribution in [1.82, 2.24) is 9.55 Å². The molecule has 0 aliphatic rings. The van der Waals surface area contributed by atoms with Crippen molar-refractivity contribution < 1.29 is 9.18 Å². The van der Waals surface area contributed by atoms with Crippen LogP contribution in [0.5, 0.6) is 0 Å². The van der Waals surface area contributed by atoms with Crippen molar-refractivity contribution in [3.8, 4) is 6.07 Å². The van der Waals surface area contributed by atoms with Gasteiger partial charge in [0.25, 0.3) is 5.56 Å². The molecule has 0 bridgehead atoms. The molecule has 1 aromatic heterocycles. The maximum absolute atomic E-state index is 13.3. The molecule has 1 heterocycles. The third-order valence-corrected chi connectivity index (χ3v) is 3.42. The normalized spacial score (nSPS) is 10.3. The molecule has 1 amide bonds. The lowest BCUT2D eigenvalue weighted by Crippen LogP contribution is -2.28. The van der Waals surface area contributed by atoms with Crippen molar-refractivity contribution in [2.75, 3.05) is 5.32 Å². The summed E-state index contributed by atoms with van der Waals surface area (Å²) in [6.07, 6.45) is 1.23. The highest BCUT2D eigenvalue weighted by atomic mass is 19.1. The van der Waals surface area contributed by atoms with Crippen LogP contribution < -0.4 is 10.9 Å². The lowest BCUT2D eigenvalue weighted by molar-refractivity contribution is -0.116. The number of nitrogens with one attached hydrogen (secondary N) is 1. The molecule has 118 valence electrons. The molecular formula is C17H11FN4O2. The molecule has 3 aromatic rings. The van der Waals surface area contributed by atoms with E-state index in [2.05, 4.69) is 10.3 Å². The van der Waals surface area contributed by atoms with Gasteiger partial charge in [0.05, 0.1) is 28.5 Å². The number of hydrogen-bond donors (Lipinski definition) is 1. The van der Waals surface area contributed by atoms with Gasteiger partial charge >= 0.3 is 0 Å². The molecule has 0 atom stereocenters. The van der Waals surface area contributed by atoms with Crippen molar-refractivity contribution >= 4 is 22.5 Å². The van der Waals surface area contributed by atoms with Crippen LogP contribution in [0.15, 0.2) is 53.6 Å². The molecule has 1 N–H and O–H groups in total. The number of para-hydroxylation sites is 1. The van der Waals surface area contributed by atoms with Crippen LogP contribution in [-0.2, 0) is 11.3 Å². The SMILES string of the molecule is N#Cc1ccccc1NC(=O)Cn1cnc2ccc(F)cc2c1=O. The first-order chi connectivity index (χ1) is 11.6. The first-order valence-corrected chi connectivity index (χ1v) is 7.02. The number of nitriles is 1. The number of hydrogen-bond acceptors (Lipinski definition) is 4.